The Hall–Kier alpha value is -2.05. The fourth-order valence-corrected chi connectivity index (χ4v) is 3.15. The normalized spacial score (nSPS) is 21.8. The van der Waals surface area contributed by atoms with Gasteiger partial charge in [0.2, 0.25) is 0 Å². The van der Waals surface area contributed by atoms with Crippen LogP contribution in [0, 0.1) is 0 Å². The monoisotopic (exact) mass is 336 g/mol. The summed E-state index contributed by atoms with van der Waals surface area (Å²) >= 11 is 0. The average molecular weight is 336 g/mol. The van der Waals surface area contributed by atoms with E-state index < -0.39 is 6.36 Å². The fourth-order valence-electron chi connectivity index (χ4n) is 3.15. The van der Waals surface area contributed by atoms with Crippen molar-refractivity contribution >= 4 is 0 Å². The third kappa shape index (κ3) is 4.27. The fraction of sp³-hybridized carbons (Fsp3) is 0.333. The zero-order valence-corrected chi connectivity index (χ0v) is 13.0. The largest absolute Gasteiger partial charge is 0.573 e. The summed E-state index contributed by atoms with van der Waals surface area (Å²) in [5.74, 6) is -0.104. The van der Waals surface area contributed by atoms with Gasteiger partial charge in [-0.3, -0.25) is 4.90 Å². The van der Waals surface area contributed by atoms with Crippen LogP contribution >= 0.6 is 0 Å². The smallest absolute Gasteiger partial charge is 0.406 e. The minimum absolute atomic E-state index is 0.0388. The molecule has 0 bridgehead atoms. The molecule has 0 saturated carbocycles. The number of halogens is 3. The zero-order chi connectivity index (χ0) is 17.2. The molecule has 2 atom stereocenters. The highest BCUT2D eigenvalue weighted by Gasteiger charge is 2.33. The Morgan fingerprint density at radius 1 is 1.00 bits per heavy atom. The molecule has 1 saturated heterocycles. The first-order valence-corrected chi connectivity index (χ1v) is 7.78. The second-order valence-electron chi connectivity index (χ2n) is 6.07. The molecule has 1 fully saturated rings. The number of hydrogen-bond donors (Lipinski definition) is 1. The molecule has 0 amide bonds. The number of hydrogen-bond acceptors (Lipinski definition) is 3. The van der Waals surface area contributed by atoms with Gasteiger partial charge in [0.05, 0.1) is 0 Å². The van der Waals surface area contributed by atoms with Gasteiger partial charge < -0.3 is 10.5 Å². The minimum Gasteiger partial charge on any atom is -0.406 e. The molecule has 0 aliphatic carbocycles. The van der Waals surface area contributed by atoms with Crippen LogP contribution in [0.4, 0.5) is 13.2 Å². The molecule has 3 nitrogen and oxygen atoms in total. The maximum Gasteiger partial charge on any atom is 0.573 e. The summed E-state index contributed by atoms with van der Waals surface area (Å²) in [5.41, 5.74) is 8.40. The molecule has 1 aliphatic rings. The van der Waals surface area contributed by atoms with Crippen LogP contribution in [0.5, 0.6) is 5.75 Å². The van der Waals surface area contributed by atoms with Crippen molar-refractivity contribution in [1.29, 1.82) is 0 Å². The number of alkyl halides is 3. The van der Waals surface area contributed by atoms with Gasteiger partial charge in [-0.2, -0.15) is 0 Å². The highest BCUT2D eigenvalue weighted by Crippen LogP contribution is 2.30. The van der Waals surface area contributed by atoms with Crippen LogP contribution in [0.1, 0.15) is 17.0 Å². The highest BCUT2D eigenvalue weighted by atomic mass is 19.4. The molecular weight excluding hydrogens is 317 g/mol. The first-order valence-electron chi connectivity index (χ1n) is 7.78. The van der Waals surface area contributed by atoms with E-state index in [-0.39, 0.29) is 17.7 Å². The summed E-state index contributed by atoms with van der Waals surface area (Å²) in [6, 6.07) is 16.1. The first-order chi connectivity index (χ1) is 11.4. The van der Waals surface area contributed by atoms with Gasteiger partial charge in [-0.05, 0) is 23.3 Å². The van der Waals surface area contributed by atoms with Crippen molar-refractivity contribution in [1.82, 2.24) is 4.90 Å². The Labute approximate surface area is 138 Å². The highest BCUT2D eigenvalue weighted by molar-refractivity contribution is 5.31. The number of benzene rings is 2. The Balaban J connectivity index is 1.64. The zero-order valence-electron chi connectivity index (χ0n) is 13.0. The molecule has 0 radical (unpaired) electrons. The van der Waals surface area contributed by atoms with E-state index in [9.17, 15) is 13.2 Å². The van der Waals surface area contributed by atoms with Gasteiger partial charge in [0.25, 0.3) is 0 Å². The minimum atomic E-state index is -4.67. The lowest BCUT2D eigenvalue weighted by Crippen LogP contribution is -2.28. The summed E-state index contributed by atoms with van der Waals surface area (Å²) in [4.78, 5) is 2.27. The van der Waals surface area contributed by atoms with Crippen LogP contribution < -0.4 is 10.5 Å². The Morgan fingerprint density at radius 3 is 2.29 bits per heavy atom. The number of nitrogens with zero attached hydrogens (tertiary/aromatic N) is 1. The van der Waals surface area contributed by atoms with Crippen molar-refractivity contribution < 1.29 is 17.9 Å². The van der Waals surface area contributed by atoms with Crippen molar-refractivity contribution in [2.75, 3.05) is 13.1 Å². The lowest BCUT2D eigenvalue weighted by Gasteiger charge is -2.17. The lowest BCUT2D eigenvalue weighted by molar-refractivity contribution is -0.274. The second-order valence-corrected chi connectivity index (χ2v) is 6.07. The van der Waals surface area contributed by atoms with Crippen LogP contribution in [0.25, 0.3) is 0 Å². The third-order valence-electron chi connectivity index (χ3n) is 4.23. The maximum absolute atomic E-state index is 12.2. The van der Waals surface area contributed by atoms with Crippen LogP contribution in [-0.2, 0) is 6.54 Å². The summed E-state index contributed by atoms with van der Waals surface area (Å²) in [7, 11) is 0. The van der Waals surface area contributed by atoms with E-state index in [1.807, 2.05) is 18.2 Å². The summed E-state index contributed by atoms with van der Waals surface area (Å²) in [6.07, 6.45) is -4.67. The predicted octanol–water partition coefficient (Wildman–Crippen LogP) is 3.51. The van der Waals surface area contributed by atoms with E-state index in [1.54, 1.807) is 12.1 Å². The van der Waals surface area contributed by atoms with Gasteiger partial charge in [0, 0.05) is 31.6 Å². The average Bonchev–Trinajstić information content (AvgIpc) is 2.88. The maximum atomic E-state index is 12.2. The Bertz CT molecular complexity index is 658. The number of rotatable bonds is 4. The SMILES string of the molecule is NC1CN(Cc2ccccc2)CC1c1ccc(OC(F)(F)F)cc1. The van der Waals surface area contributed by atoms with Crippen molar-refractivity contribution in [3.8, 4) is 5.75 Å². The second kappa shape index (κ2) is 6.83. The van der Waals surface area contributed by atoms with Gasteiger partial charge in [-0.15, -0.1) is 13.2 Å². The molecule has 0 spiro atoms. The molecular formula is C18H19F3N2O. The van der Waals surface area contributed by atoms with Gasteiger partial charge in [0.1, 0.15) is 5.75 Å². The molecule has 1 aliphatic heterocycles. The van der Waals surface area contributed by atoms with Gasteiger partial charge in [0.15, 0.2) is 0 Å². The summed E-state index contributed by atoms with van der Waals surface area (Å²) in [5, 5.41) is 0. The molecule has 2 aromatic rings. The van der Waals surface area contributed by atoms with Gasteiger partial charge >= 0.3 is 6.36 Å². The molecule has 6 heteroatoms. The molecule has 2 N–H and O–H groups in total. The van der Waals surface area contributed by atoms with Gasteiger partial charge in [-0.25, -0.2) is 0 Å². The van der Waals surface area contributed by atoms with Crippen molar-refractivity contribution in [3.63, 3.8) is 0 Å². The third-order valence-corrected chi connectivity index (χ3v) is 4.23. The molecule has 2 unspecified atom stereocenters. The van der Waals surface area contributed by atoms with Crippen molar-refractivity contribution in [2.24, 2.45) is 5.73 Å². The topological polar surface area (TPSA) is 38.5 Å². The van der Waals surface area contributed by atoms with E-state index in [0.29, 0.717) is 0 Å². The standard InChI is InChI=1S/C18H19F3N2O/c19-18(20,21)24-15-8-6-14(7-9-15)16-11-23(12-17(16)22)10-13-4-2-1-3-5-13/h1-9,16-17H,10-12,22H2. The molecule has 128 valence electrons. The molecule has 2 aromatic carbocycles. The molecule has 1 heterocycles. The lowest BCUT2D eigenvalue weighted by atomic mass is 9.95. The molecule has 3 rings (SSSR count). The molecule has 24 heavy (non-hydrogen) atoms. The number of nitrogens with two attached hydrogens (primary N) is 1. The van der Waals surface area contributed by atoms with E-state index in [4.69, 9.17) is 5.73 Å². The number of ether oxygens (including phenoxy) is 1. The van der Waals surface area contributed by atoms with Crippen LogP contribution in [-0.4, -0.2) is 30.4 Å². The van der Waals surface area contributed by atoms with E-state index >= 15 is 0 Å². The van der Waals surface area contributed by atoms with E-state index in [2.05, 4.69) is 21.8 Å². The Morgan fingerprint density at radius 2 is 1.67 bits per heavy atom. The van der Waals surface area contributed by atoms with Crippen LogP contribution in [0.15, 0.2) is 54.6 Å². The summed E-state index contributed by atoms with van der Waals surface area (Å²) in [6.45, 7) is 2.37. The predicted molar refractivity (Wildman–Crippen MR) is 85.6 cm³/mol. The molecule has 0 aromatic heterocycles. The van der Waals surface area contributed by atoms with Crippen LogP contribution in [0.3, 0.4) is 0 Å². The Kier molecular flexibility index (Phi) is 4.78. The quantitative estimate of drug-likeness (QED) is 0.928. The van der Waals surface area contributed by atoms with E-state index in [1.165, 1.54) is 17.7 Å². The summed E-state index contributed by atoms with van der Waals surface area (Å²) < 4.78 is 40.5. The van der Waals surface area contributed by atoms with Crippen molar-refractivity contribution in [3.05, 3.63) is 65.7 Å². The first kappa shape index (κ1) is 16.8. The van der Waals surface area contributed by atoms with Gasteiger partial charge in [-0.1, -0.05) is 42.5 Å². The van der Waals surface area contributed by atoms with E-state index in [0.717, 1.165) is 25.2 Å². The van der Waals surface area contributed by atoms with Crippen LogP contribution in [0.2, 0.25) is 0 Å². The van der Waals surface area contributed by atoms with Crippen molar-refractivity contribution in [2.45, 2.75) is 24.9 Å². The number of likely N-dealkylation sites (tertiary alicyclic amines) is 1.